The number of imide groups is 1. The topological polar surface area (TPSA) is 99.8 Å². The van der Waals surface area contributed by atoms with Crippen molar-refractivity contribution in [1.29, 1.82) is 0 Å². The van der Waals surface area contributed by atoms with Crippen molar-refractivity contribution >= 4 is 29.2 Å². The van der Waals surface area contributed by atoms with Gasteiger partial charge in [-0.15, -0.1) is 0 Å². The van der Waals surface area contributed by atoms with Crippen LogP contribution < -0.4 is 20.7 Å². The number of hydrogen-bond acceptors (Lipinski definition) is 5. The maximum absolute atomic E-state index is 12.3. The molecule has 0 radical (unpaired) electrons. The number of hydrogen-bond donors (Lipinski definition) is 3. The maximum Gasteiger partial charge on any atom is 0.325 e. The molecule has 0 aliphatic carbocycles. The van der Waals surface area contributed by atoms with Crippen molar-refractivity contribution in [3.8, 4) is 5.75 Å². The zero-order valence-electron chi connectivity index (χ0n) is 17.7. The molecule has 4 amide bonds. The van der Waals surface area contributed by atoms with Gasteiger partial charge in [0.05, 0.1) is 20.2 Å². The Morgan fingerprint density at radius 3 is 2.20 bits per heavy atom. The molecule has 0 aliphatic heterocycles. The molecule has 2 aromatic carbocycles. The Labute approximate surface area is 176 Å². The minimum atomic E-state index is -0.606. The van der Waals surface area contributed by atoms with Crippen LogP contribution in [0.1, 0.15) is 18.1 Å². The lowest BCUT2D eigenvalue weighted by Gasteiger charge is -2.19. The molecule has 0 aromatic heterocycles. The van der Waals surface area contributed by atoms with Crippen LogP contribution in [0.25, 0.3) is 0 Å². The molecule has 0 aliphatic rings. The first-order valence-electron chi connectivity index (χ1n) is 9.65. The molecule has 8 heteroatoms. The number of rotatable bonds is 8. The second-order valence-corrected chi connectivity index (χ2v) is 6.90. The molecule has 0 saturated carbocycles. The summed E-state index contributed by atoms with van der Waals surface area (Å²) in [6, 6.07) is 12.0. The number of amides is 4. The van der Waals surface area contributed by atoms with Gasteiger partial charge in [-0.25, -0.2) is 4.79 Å². The van der Waals surface area contributed by atoms with Gasteiger partial charge in [0.25, 0.3) is 0 Å². The number of aryl methyl sites for hydroxylation is 2. The van der Waals surface area contributed by atoms with E-state index >= 15 is 0 Å². The minimum absolute atomic E-state index is 0.0225. The van der Waals surface area contributed by atoms with Crippen LogP contribution >= 0.6 is 0 Å². The first kappa shape index (κ1) is 22.9. The van der Waals surface area contributed by atoms with Crippen LogP contribution in [0.4, 0.5) is 16.2 Å². The SMILES string of the molecule is CCN(CC(=O)NC(=O)Nc1ccc(C)cc1C)CC(=O)Nc1ccc(OC)cc1. The summed E-state index contributed by atoms with van der Waals surface area (Å²) in [6.07, 6.45) is 0. The number of nitrogens with one attached hydrogen (secondary N) is 3. The Morgan fingerprint density at radius 1 is 0.933 bits per heavy atom. The molecule has 0 atom stereocenters. The highest BCUT2D eigenvalue weighted by molar-refractivity contribution is 6.02. The molecular weight excluding hydrogens is 384 g/mol. The normalized spacial score (nSPS) is 10.4. The van der Waals surface area contributed by atoms with Crippen LogP contribution in [0.2, 0.25) is 0 Å². The zero-order valence-corrected chi connectivity index (χ0v) is 17.7. The second-order valence-electron chi connectivity index (χ2n) is 6.90. The molecule has 0 bridgehead atoms. The Balaban J connectivity index is 1.82. The van der Waals surface area contributed by atoms with E-state index in [4.69, 9.17) is 4.74 Å². The van der Waals surface area contributed by atoms with Gasteiger partial charge in [-0.05, 0) is 56.3 Å². The van der Waals surface area contributed by atoms with E-state index < -0.39 is 11.9 Å². The Bertz CT molecular complexity index is 897. The molecular formula is C22H28N4O4. The molecule has 8 nitrogen and oxygen atoms in total. The number of likely N-dealkylation sites (N-methyl/N-ethyl adjacent to an activating group) is 1. The van der Waals surface area contributed by atoms with Crippen molar-refractivity contribution in [1.82, 2.24) is 10.2 Å². The molecule has 160 valence electrons. The van der Waals surface area contributed by atoms with Crippen molar-refractivity contribution in [2.24, 2.45) is 0 Å². The Kier molecular flexibility index (Phi) is 8.37. The third kappa shape index (κ3) is 7.21. The van der Waals surface area contributed by atoms with Crippen molar-refractivity contribution in [3.63, 3.8) is 0 Å². The minimum Gasteiger partial charge on any atom is -0.497 e. The van der Waals surface area contributed by atoms with Crippen molar-refractivity contribution in [2.75, 3.05) is 37.4 Å². The van der Waals surface area contributed by atoms with Crippen LogP contribution in [0.3, 0.4) is 0 Å². The lowest BCUT2D eigenvalue weighted by atomic mass is 10.1. The number of ether oxygens (including phenoxy) is 1. The van der Waals surface area contributed by atoms with E-state index in [-0.39, 0.29) is 19.0 Å². The summed E-state index contributed by atoms with van der Waals surface area (Å²) >= 11 is 0. The largest absolute Gasteiger partial charge is 0.497 e. The van der Waals surface area contributed by atoms with E-state index in [1.807, 2.05) is 32.9 Å². The molecule has 30 heavy (non-hydrogen) atoms. The number of benzene rings is 2. The zero-order chi connectivity index (χ0) is 22.1. The predicted molar refractivity (Wildman–Crippen MR) is 117 cm³/mol. The third-order valence-corrected chi connectivity index (χ3v) is 4.44. The highest BCUT2D eigenvalue weighted by atomic mass is 16.5. The van der Waals surface area contributed by atoms with E-state index in [0.717, 1.165) is 11.1 Å². The Morgan fingerprint density at radius 2 is 1.60 bits per heavy atom. The van der Waals surface area contributed by atoms with Gasteiger partial charge in [-0.1, -0.05) is 24.6 Å². The summed E-state index contributed by atoms with van der Waals surface area (Å²) in [5.41, 5.74) is 3.26. The summed E-state index contributed by atoms with van der Waals surface area (Å²) in [5.74, 6) is -0.0510. The van der Waals surface area contributed by atoms with Crippen LogP contribution in [0, 0.1) is 13.8 Å². The quantitative estimate of drug-likeness (QED) is 0.619. The smallest absolute Gasteiger partial charge is 0.325 e. The summed E-state index contributed by atoms with van der Waals surface area (Å²) in [7, 11) is 1.57. The highest BCUT2D eigenvalue weighted by Crippen LogP contribution is 2.16. The highest BCUT2D eigenvalue weighted by Gasteiger charge is 2.16. The average molecular weight is 412 g/mol. The molecule has 2 aromatic rings. The Hall–Kier alpha value is -3.39. The van der Waals surface area contributed by atoms with Gasteiger partial charge in [0.2, 0.25) is 11.8 Å². The van der Waals surface area contributed by atoms with Gasteiger partial charge in [0, 0.05) is 11.4 Å². The van der Waals surface area contributed by atoms with Crippen LogP contribution in [-0.2, 0) is 9.59 Å². The second kappa shape index (κ2) is 11.0. The van der Waals surface area contributed by atoms with Gasteiger partial charge in [-0.2, -0.15) is 0 Å². The van der Waals surface area contributed by atoms with Crippen molar-refractivity contribution in [3.05, 3.63) is 53.6 Å². The molecule has 3 N–H and O–H groups in total. The third-order valence-electron chi connectivity index (χ3n) is 4.44. The summed E-state index contributed by atoms with van der Waals surface area (Å²) in [6.45, 7) is 6.10. The van der Waals surface area contributed by atoms with E-state index in [1.165, 1.54) is 0 Å². The fraction of sp³-hybridized carbons (Fsp3) is 0.318. The van der Waals surface area contributed by atoms with Gasteiger partial charge >= 0.3 is 6.03 Å². The van der Waals surface area contributed by atoms with E-state index in [1.54, 1.807) is 42.3 Å². The van der Waals surface area contributed by atoms with E-state index in [2.05, 4.69) is 16.0 Å². The number of carbonyl (C=O) groups is 3. The fourth-order valence-electron chi connectivity index (χ4n) is 2.83. The van der Waals surface area contributed by atoms with Crippen LogP contribution in [0.15, 0.2) is 42.5 Å². The summed E-state index contributed by atoms with van der Waals surface area (Å²) in [4.78, 5) is 38.2. The number of anilines is 2. The predicted octanol–water partition coefficient (Wildman–Crippen LogP) is 2.92. The first-order valence-corrected chi connectivity index (χ1v) is 9.65. The summed E-state index contributed by atoms with van der Waals surface area (Å²) < 4.78 is 5.08. The molecule has 0 fully saturated rings. The summed E-state index contributed by atoms with van der Waals surface area (Å²) in [5, 5.41) is 7.73. The molecule has 0 spiro atoms. The maximum atomic E-state index is 12.3. The van der Waals surface area contributed by atoms with Crippen molar-refractivity contribution < 1.29 is 19.1 Å². The average Bonchev–Trinajstić information content (AvgIpc) is 2.70. The van der Waals surface area contributed by atoms with Gasteiger partial charge in [0.15, 0.2) is 0 Å². The molecule has 0 unspecified atom stereocenters. The van der Waals surface area contributed by atoms with Gasteiger partial charge < -0.3 is 15.4 Å². The molecule has 2 rings (SSSR count). The lowest BCUT2D eigenvalue weighted by molar-refractivity contribution is -0.122. The van der Waals surface area contributed by atoms with E-state index in [0.29, 0.717) is 23.7 Å². The van der Waals surface area contributed by atoms with Gasteiger partial charge in [0.1, 0.15) is 5.75 Å². The van der Waals surface area contributed by atoms with Crippen LogP contribution in [-0.4, -0.2) is 49.5 Å². The lowest BCUT2D eigenvalue weighted by Crippen LogP contribution is -2.44. The van der Waals surface area contributed by atoms with Gasteiger partial charge in [-0.3, -0.25) is 19.8 Å². The first-order chi connectivity index (χ1) is 14.3. The number of methoxy groups -OCH3 is 1. The molecule has 0 heterocycles. The molecule has 0 saturated heterocycles. The standard InChI is InChI=1S/C22H28N4O4/c1-5-26(13-20(27)23-17-7-9-18(30-4)10-8-17)14-21(28)25-22(29)24-19-11-6-15(2)12-16(19)3/h6-12H,5,13-14H2,1-4H3,(H,23,27)(H2,24,25,28,29). The number of carbonyl (C=O) groups excluding carboxylic acids is 3. The fourth-order valence-corrected chi connectivity index (χ4v) is 2.83. The monoisotopic (exact) mass is 412 g/mol. The van der Waals surface area contributed by atoms with E-state index in [9.17, 15) is 14.4 Å². The van der Waals surface area contributed by atoms with Crippen molar-refractivity contribution in [2.45, 2.75) is 20.8 Å². The number of nitrogens with zero attached hydrogens (tertiary/aromatic N) is 1. The number of urea groups is 1. The van der Waals surface area contributed by atoms with Crippen LogP contribution in [0.5, 0.6) is 5.75 Å².